The predicted molar refractivity (Wildman–Crippen MR) is 391 cm³/mol. The first kappa shape index (κ1) is 93.5. The molecule has 2 unspecified atom stereocenters. The van der Waals surface area contributed by atoms with Crippen LogP contribution in [0.4, 0.5) is 0 Å². The SMILES string of the molecule is CCCCCC/C=C\C=C/CCCCCCCC(=O)O[C@H](COC(=O)CCCCCCCCCC)COP(=O)(O)OC[C@H](O)COP(=O)(O)OC[C@@H](COC(=O)CCCCCCCCCCCCCCCC(C)C)OC(=O)CCCCCCCCCCCCCCCCC(C)C. The van der Waals surface area contributed by atoms with Gasteiger partial charge in [-0.1, -0.05) is 323 Å². The van der Waals surface area contributed by atoms with E-state index in [1.165, 1.54) is 173 Å². The molecule has 0 aromatic carbocycles. The molecule has 0 heterocycles. The maximum atomic E-state index is 13.1. The summed E-state index contributed by atoms with van der Waals surface area (Å²) in [5.74, 6) is -0.563. The fraction of sp³-hybridized carbons (Fsp3) is 0.896. The highest BCUT2D eigenvalue weighted by atomic mass is 31.2. The fourth-order valence-corrected chi connectivity index (χ4v) is 12.9. The lowest BCUT2D eigenvalue weighted by Gasteiger charge is -2.21. The number of aliphatic hydroxyl groups excluding tert-OH is 1. The smallest absolute Gasteiger partial charge is 0.462 e. The number of phosphoric acid groups is 2. The maximum absolute atomic E-state index is 13.1. The van der Waals surface area contributed by atoms with Gasteiger partial charge in [0.2, 0.25) is 0 Å². The lowest BCUT2D eigenvalue weighted by molar-refractivity contribution is -0.161. The average Bonchev–Trinajstić information content (AvgIpc) is 2.03. The number of phosphoric ester groups is 2. The average molecular weight is 1410 g/mol. The Hall–Kier alpha value is -2.46. The van der Waals surface area contributed by atoms with E-state index in [0.717, 1.165) is 121 Å². The van der Waals surface area contributed by atoms with E-state index < -0.39 is 97.5 Å². The molecular weight excluding hydrogens is 1260 g/mol. The van der Waals surface area contributed by atoms with Crippen LogP contribution in [0.25, 0.3) is 0 Å². The van der Waals surface area contributed by atoms with Gasteiger partial charge in [-0.3, -0.25) is 37.3 Å². The molecule has 0 aliphatic carbocycles. The first-order valence-corrected chi connectivity index (χ1v) is 42.3. The van der Waals surface area contributed by atoms with Crippen molar-refractivity contribution in [2.45, 2.75) is 394 Å². The summed E-state index contributed by atoms with van der Waals surface area (Å²) in [5, 5.41) is 10.6. The summed E-state index contributed by atoms with van der Waals surface area (Å²) in [4.78, 5) is 72.8. The Bertz CT molecular complexity index is 1950. The van der Waals surface area contributed by atoms with Crippen LogP contribution < -0.4 is 0 Å². The summed E-state index contributed by atoms with van der Waals surface area (Å²) in [6.07, 6.45) is 59.1. The molecule has 0 aromatic rings. The third-order valence-electron chi connectivity index (χ3n) is 17.3. The number of unbranched alkanes of at least 4 members (excludes halogenated alkanes) is 41. The van der Waals surface area contributed by atoms with E-state index in [-0.39, 0.29) is 25.7 Å². The van der Waals surface area contributed by atoms with Crippen molar-refractivity contribution in [1.29, 1.82) is 0 Å². The lowest BCUT2D eigenvalue weighted by Crippen LogP contribution is -2.30. The standard InChI is InChI=1S/C77H146O17P2/c1-7-9-11-13-15-17-18-19-20-26-32-37-43-49-55-61-76(81)93-72(65-87-74(79)59-53-47-41-16-14-12-10-8-2)67-91-95(83,84)89-63-71(78)64-90-96(85,86)92-68-73(66-88-75(80)60-54-48-42-36-31-28-23-25-30-35-40-46-52-58-70(5)6)94-77(82)62-56-50-44-38-33-27-22-21-24-29-34-39-45-51-57-69(3)4/h17-20,69-73,78H,7-16,21-68H2,1-6H3,(H,83,84)(H,85,86)/b18-17-,20-19-/t71-,72+,73+/m0/s1. The lowest BCUT2D eigenvalue weighted by atomic mass is 10.0. The second-order valence-corrected chi connectivity index (χ2v) is 30.9. The Morgan fingerprint density at radius 2 is 0.562 bits per heavy atom. The zero-order valence-electron chi connectivity index (χ0n) is 62.2. The van der Waals surface area contributed by atoms with Gasteiger partial charge in [0, 0.05) is 25.7 Å². The van der Waals surface area contributed by atoms with Crippen LogP contribution in [0.15, 0.2) is 24.3 Å². The highest BCUT2D eigenvalue weighted by Gasteiger charge is 2.30. The van der Waals surface area contributed by atoms with Crippen molar-refractivity contribution in [3.05, 3.63) is 24.3 Å². The Morgan fingerprint density at radius 1 is 0.323 bits per heavy atom. The summed E-state index contributed by atoms with van der Waals surface area (Å²) in [6, 6.07) is 0. The molecule has 0 saturated carbocycles. The number of rotatable bonds is 74. The predicted octanol–water partition coefficient (Wildman–Crippen LogP) is 22.3. The maximum Gasteiger partial charge on any atom is 0.472 e. The van der Waals surface area contributed by atoms with Gasteiger partial charge in [0.15, 0.2) is 12.2 Å². The van der Waals surface area contributed by atoms with Crippen LogP contribution in [-0.4, -0.2) is 96.7 Å². The second kappa shape index (κ2) is 68.3. The van der Waals surface area contributed by atoms with E-state index in [1.807, 2.05) is 0 Å². The highest BCUT2D eigenvalue weighted by molar-refractivity contribution is 7.47. The van der Waals surface area contributed by atoms with Crippen molar-refractivity contribution in [3.63, 3.8) is 0 Å². The van der Waals surface area contributed by atoms with Crippen molar-refractivity contribution >= 4 is 39.5 Å². The number of carbonyl (C=O) groups excluding carboxylic acids is 4. The van der Waals surface area contributed by atoms with E-state index in [2.05, 4.69) is 65.8 Å². The molecule has 0 spiro atoms. The van der Waals surface area contributed by atoms with Crippen LogP contribution in [0, 0.1) is 11.8 Å². The van der Waals surface area contributed by atoms with Crippen LogP contribution in [-0.2, 0) is 65.4 Å². The Labute approximate surface area is 586 Å². The molecule has 0 aliphatic rings. The van der Waals surface area contributed by atoms with Gasteiger partial charge < -0.3 is 33.8 Å². The quantitative estimate of drug-likeness (QED) is 0.0169. The normalized spacial score (nSPS) is 14.2. The molecule has 3 N–H and O–H groups in total. The number of allylic oxidation sites excluding steroid dienone is 4. The first-order chi connectivity index (χ1) is 46.4. The number of esters is 4. The fourth-order valence-electron chi connectivity index (χ4n) is 11.3. The molecule has 0 aliphatic heterocycles. The van der Waals surface area contributed by atoms with Gasteiger partial charge in [-0.15, -0.1) is 0 Å². The van der Waals surface area contributed by atoms with Crippen molar-refractivity contribution in [1.82, 2.24) is 0 Å². The highest BCUT2D eigenvalue weighted by Crippen LogP contribution is 2.45. The molecule has 0 radical (unpaired) electrons. The number of hydrogen-bond acceptors (Lipinski definition) is 15. The Balaban J connectivity index is 5.25. The van der Waals surface area contributed by atoms with Crippen LogP contribution in [0.1, 0.15) is 375 Å². The van der Waals surface area contributed by atoms with Gasteiger partial charge in [-0.2, -0.15) is 0 Å². The molecule has 0 amide bonds. The van der Waals surface area contributed by atoms with Gasteiger partial charge in [0.25, 0.3) is 0 Å². The zero-order valence-corrected chi connectivity index (χ0v) is 63.9. The number of aliphatic hydroxyl groups is 1. The van der Waals surface area contributed by atoms with E-state index in [0.29, 0.717) is 25.7 Å². The minimum atomic E-state index is -4.96. The van der Waals surface area contributed by atoms with Gasteiger partial charge in [0.05, 0.1) is 26.4 Å². The Kier molecular flexibility index (Phi) is 66.6. The van der Waals surface area contributed by atoms with Gasteiger partial charge in [0.1, 0.15) is 19.3 Å². The second-order valence-electron chi connectivity index (χ2n) is 28.0. The number of carbonyl (C=O) groups is 4. The largest absolute Gasteiger partial charge is 0.472 e. The molecular formula is C77H146O17P2. The van der Waals surface area contributed by atoms with Crippen LogP contribution in [0.5, 0.6) is 0 Å². The van der Waals surface area contributed by atoms with Gasteiger partial charge in [-0.25, -0.2) is 9.13 Å². The van der Waals surface area contributed by atoms with E-state index in [4.69, 9.17) is 37.0 Å². The van der Waals surface area contributed by atoms with E-state index >= 15 is 0 Å². The summed E-state index contributed by atoms with van der Waals surface area (Å²) in [7, 11) is -9.92. The van der Waals surface area contributed by atoms with Crippen molar-refractivity contribution in [2.24, 2.45) is 11.8 Å². The molecule has 96 heavy (non-hydrogen) atoms. The number of hydrogen-bond donors (Lipinski definition) is 3. The zero-order chi connectivity index (χ0) is 70.7. The molecule has 5 atom stereocenters. The molecule has 19 heteroatoms. The third kappa shape index (κ3) is 70.0. The van der Waals surface area contributed by atoms with E-state index in [9.17, 15) is 43.2 Å². The van der Waals surface area contributed by atoms with Gasteiger partial charge in [-0.05, 0) is 63.2 Å². The molecule has 0 aromatic heterocycles. The monoisotopic (exact) mass is 1410 g/mol. The van der Waals surface area contributed by atoms with Crippen molar-refractivity contribution in [3.8, 4) is 0 Å². The van der Waals surface area contributed by atoms with Gasteiger partial charge >= 0.3 is 39.5 Å². The summed E-state index contributed by atoms with van der Waals surface area (Å²) < 4.78 is 68.5. The summed E-state index contributed by atoms with van der Waals surface area (Å²) in [5.41, 5.74) is 0. The summed E-state index contributed by atoms with van der Waals surface area (Å²) >= 11 is 0. The van der Waals surface area contributed by atoms with Crippen LogP contribution in [0.2, 0.25) is 0 Å². The number of ether oxygens (including phenoxy) is 4. The molecule has 0 saturated heterocycles. The first-order valence-electron chi connectivity index (χ1n) is 39.3. The molecule has 0 rings (SSSR count). The van der Waals surface area contributed by atoms with Crippen LogP contribution in [0.3, 0.4) is 0 Å². The minimum absolute atomic E-state index is 0.0849. The molecule has 17 nitrogen and oxygen atoms in total. The molecule has 0 fully saturated rings. The molecule has 566 valence electrons. The molecule has 0 bridgehead atoms. The van der Waals surface area contributed by atoms with Crippen molar-refractivity contribution in [2.75, 3.05) is 39.6 Å². The topological polar surface area (TPSA) is 237 Å². The summed E-state index contributed by atoms with van der Waals surface area (Å²) in [6.45, 7) is 9.55. The third-order valence-corrected chi connectivity index (χ3v) is 19.2. The van der Waals surface area contributed by atoms with E-state index in [1.54, 1.807) is 0 Å². The Morgan fingerprint density at radius 3 is 0.854 bits per heavy atom. The van der Waals surface area contributed by atoms with Crippen molar-refractivity contribution < 1.29 is 80.2 Å². The minimum Gasteiger partial charge on any atom is -0.462 e. The van der Waals surface area contributed by atoms with Crippen LogP contribution >= 0.6 is 15.6 Å².